The fraction of sp³-hybridized carbons (Fsp3) is 0.350. The van der Waals surface area contributed by atoms with Gasteiger partial charge in [0, 0.05) is 24.2 Å². The Hall–Kier alpha value is -2.93. The Morgan fingerprint density at radius 3 is 2.89 bits per heavy atom. The van der Waals surface area contributed by atoms with Crippen LogP contribution in [-0.2, 0) is 0 Å². The van der Waals surface area contributed by atoms with E-state index in [-0.39, 0.29) is 11.8 Å². The Morgan fingerprint density at radius 2 is 2.11 bits per heavy atom. The van der Waals surface area contributed by atoms with Crippen molar-refractivity contribution in [2.45, 2.75) is 25.3 Å². The summed E-state index contributed by atoms with van der Waals surface area (Å²) >= 11 is 0. The Labute approximate surface area is 157 Å². The molecule has 27 heavy (non-hydrogen) atoms. The minimum atomic E-state index is -0.221. The molecular weight excluding hydrogens is 342 g/mol. The van der Waals surface area contributed by atoms with Crippen molar-refractivity contribution in [1.29, 1.82) is 0 Å². The molecule has 0 spiro atoms. The van der Waals surface area contributed by atoms with Gasteiger partial charge in [-0.2, -0.15) is 9.61 Å². The summed E-state index contributed by atoms with van der Waals surface area (Å²) in [6, 6.07) is 11.5. The van der Waals surface area contributed by atoms with Crippen molar-refractivity contribution >= 4 is 11.6 Å². The highest BCUT2D eigenvalue weighted by molar-refractivity contribution is 6.00. The number of aromatic nitrogens is 3. The third-order valence-electron chi connectivity index (χ3n) is 5.19. The van der Waals surface area contributed by atoms with Gasteiger partial charge in [-0.3, -0.25) is 4.79 Å². The molecule has 0 saturated carbocycles. The third-order valence-corrected chi connectivity index (χ3v) is 5.19. The predicted molar refractivity (Wildman–Crippen MR) is 103 cm³/mol. The molecule has 0 radical (unpaired) electrons. The van der Waals surface area contributed by atoms with Crippen LogP contribution >= 0.6 is 0 Å². The lowest BCUT2D eigenvalue weighted by atomic mass is 10.0. The molecule has 1 unspecified atom stereocenters. The zero-order chi connectivity index (χ0) is 18.8. The van der Waals surface area contributed by atoms with E-state index in [4.69, 9.17) is 0 Å². The van der Waals surface area contributed by atoms with E-state index < -0.39 is 0 Å². The molecule has 1 aliphatic rings. The Kier molecular flexibility index (Phi) is 4.77. The standard InChI is InChI=1S/C20H23N5O2/c1-24-10-6-5-9-15(24)12-21-20(27)16-13-22-25-18(26)11-17(23-19(16)25)14-7-3-2-4-8-14/h2-4,7-8,11,13,15,26H,5-6,9-10,12H2,1H3,(H,21,27). The van der Waals surface area contributed by atoms with E-state index in [1.54, 1.807) is 6.07 Å². The van der Waals surface area contributed by atoms with E-state index in [1.807, 2.05) is 30.3 Å². The van der Waals surface area contributed by atoms with Crippen LogP contribution in [0, 0.1) is 0 Å². The number of likely N-dealkylation sites (tertiary alicyclic amines) is 1. The van der Waals surface area contributed by atoms with Crippen LogP contribution in [0.15, 0.2) is 42.6 Å². The highest BCUT2D eigenvalue weighted by atomic mass is 16.3. The van der Waals surface area contributed by atoms with Crippen LogP contribution in [0.2, 0.25) is 0 Å². The fourth-order valence-corrected chi connectivity index (χ4v) is 3.57. The number of aromatic hydroxyl groups is 1. The molecule has 1 aliphatic heterocycles. The van der Waals surface area contributed by atoms with Gasteiger partial charge in [-0.25, -0.2) is 4.98 Å². The van der Waals surface area contributed by atoms with Crippen molar-refractivity contribution < 1.29 is 9.90 Å². The van der Waals surface area contributed by atoms with Crippen LogP contribution < -0.4 is 5.32 Å². The maximum atomic E-state index is 12.7. The number of nitrogens with zero attached hydrogens (tertiary/aromatic N) is 4. The van der Waals surface area contributed by atoms with Crippen molar-refractivity contribution in [1.82, 2.24) is 24.8 Å². The molecule has 2 N–H and O–H groups in total. The van der Waals surface area contributed by atoms with Crippen molar-refractivity contribution in [2.24, 2.45) is 0 Å². The van der Waals surface area contributed by atoms with Gasteiger partial charge in [-0.15, -0.1) is 0 Å². The maximum Gasteiger partial charge on any atom is 0.256 e. The number of hydrogen-bond acceptors (Lipinski definition) is 5. The molecule has 1 aromatic carbocycles. The minimum Gasteiger partial charge on any atom is -0.493 e. The molecule has 1 amide bonds. The number of amides is 1. The van der Waals surface area contributed by atoms with Crippen LogP contribution in [0.4, 0.5) is 0 Å². The lowest BCUT2D eigenvalue weighted by molar-refractivity contribution is 0.0930. The van der Waals surface area contributed by atoms with Gasteiger partial charge < -0.3 is 15.3 Å². The van der Waals surface area contributed by atoms with Gasteiger partial charge in [0.25, 0.3) is 5.91 Å². The largest absolute Gasteiger partial charge is 0.493 e. The number of hydrogen-bond donors (Lipinski definition) is 2. The zero-order valence-electron chi connectivity index (χ0n) is 15.3. The normalized spacial score (nSPS) is 17.9. The van der Waals surface area contributed by atoms with Crippen LogP contribution in [0.1, 0.15) is 29.6 Å². The number of rotatable bonds is 4. The second kappa shape index (κ2) is 7.36. The quantitative estimate of drug-likeness (QED) is 0.741. The van der Waals surface area contributed by atoms with E-state index in [9.17, 15) is 9.90 Å². The topological polar surface area (TPSA) is 82.8 Å². The number of carbonyl (C=O) groups excluding carboxylic acids is 1. The van der Waals surface area contributed by atoms with Gasteiger partial charge in [0.2, 0.25) is 5.88 Å². The van der Waals surface area contributed by atoms with E-state index >= 15 is 0 Å². The number of likely N-dealkylation sites (N-methyl/N-ethyl adjacent to an activating group) is 1. The van der Waals surface area contributed by atoms with Gasteiger partial charge in [-0.1, -0.05) is 36.8 Å². The molecule has 140 valence electrons. The molecule has 1 saturated heterocycles. The summed E-state index contributed by atoms with van der Waals surface area (Å²) in [5.74, 6) is -0.272. The first kappa shape index (κ1) is 17.5. The number of nitrogens with one attached hydrogen (secondary N) is 1. The third kappa shape index (κ3) is 3.50. The predicted octanol–water partition coefficient (Wildman–Crippen LogP) is 2.32. The maximum absolute atomic E-state index is 12.7. The van der Waals surface area contributed by atoms with Crippen molar-refractivity contribution in [2.75, 3.05) is 20.1 Å². The van der Waals surface area contributed by atoms with Crippen LogP contribution in [0.25, 0.3) is 16.9 Å². The lowest BCUT2D eigenvalue weighted by Gasteiger charge is -2.32. The number of carbonyl (C=O) groups is 1. The van der Waals surface area contributed by atoms with E-state index in [0.29, 0.717) is 29.5 Å². The molecule has 7 nitrogen and oxygen atoms in total. The molecule has 3 aromatic rings. The molecule has 4 rings (SSSR count). The summed E-state index contributed by atoms with van der Waals surface area (Å²) in [5, 5.41) is 17.4. The average Bonchev–Trinajstić information content (AvgIpc) is 3.12. The molecule has 2 aromatic heterocycles. The fourth-order valence-electron chi connectivity index (χ4n) is 3.57. The van der Waals surface area contributed by atoms with E-state index in [2.05, 4.69) is 27.3 Å². The highest BCUT2D eigenvalue weighted by Crippen LogP contribution is 2.24. The molecule has 7 heteroatoms. The number of piperidine rings is 1. The summed E-state index contributed by atoms with van der Waals surface area (Å²) in [7, 11) is 2.09. The second-order valence-electron chi connectivity index (χ2n) is 7.00. The van der Waals surface area contributed by atoms with Gasteiger partial charge in [0.05, 0.1) is 11.9 Å². The first-order valence-corrected chi connectivity index (χ1v) is 9.25. The lowest BCUT2D eigenvalue weighted by Crippen LogP contribution is -2.44. The van der Waals surface area contributed by atoms with Crippen LogP contribution in [0.3, 0.4) is 0 Å². The van der Waals surface area contributed by atoms with E-state index in [1.165, 1.54) is 23.6 Å². The Bertz CT molecular complexity index is 954. The summed E-state index contributed by atoms with van der Waals surface area (Å²) in [6.45, 7) is 1.66. The zero-order valence-corrected chi connectivity index (χ0v) is 15.3. The summed E-state index contributed by atoms with van der Waals surface area (Å²) in [4.78, 5) is 19.6. The Balaban J connectivity index is 1.60. The van der Waals surface area contributed by atoms with Crippen molar-refractivity contribution in [3.8, 4) is 17.1 Å². The van der Waals surface area contributed by atoms with Crippen LogP contribution in [-0.4, -0.2) is 56.7 Å². The van der Waals surface area contributed by atoms with Crippen molar-refractivity contribution in [3.05, 3.63) is 48.2 Å². The number of benzene rings is 1. The molecule has 3 heterocycles. The first-order valence-electron chi connectivity index (χ1n) is 9.25. The molecule has 1 fully saturated rings. The average molecular weight is 365 g/mol. The second-order valence-corrected chi connectivity index (χ2v) is 7.00. The summed E-state index contributed by atoms with van der Waals surface area (Å²) in [6.07, 6.45) is 4.94. The molecule has 0 bridgehead atoms. The van der Waals surface area contributed by atoms with Crippen molar-refractivity contribution in [3.63, 3.8) is 0 Å². The molecular formula is C20H23N5O2. The minimum absolute atomic E-state index is 0.0510. The highest BCUT2D eigenvalue weighted by Gasteiger charge is 2.22. The molecule has 1 atom stereocenters. The first-order chi connectivity index (χ1) is 13.1. The van der Waals surface area contributed by atoms with Gasteiger partial charge >= 0.3 is 0 Å². The summed E-state index contributed by atoms with van der Waals surface area (Å²) in [5.41, 5.74) is 2.18. The monoisotopic (exact) mass is 365 g/mol. The summed E-state index contributed by atoms with van der Waals surface area (Å²) < 4.78 is 1.29. The van der Waals surface area contributed by atoms with Crippen LogP contribution in [0.5, 0.6) is 5.88 Å². The Morgan fingerprint density at radius 1 is 1.30 bits per heavy atom. The van der Waals surface area contributed by atoms with E-state index in [0.717, 1.165) is 18.5 Å². The van der Waals surface area contributed by atoms with Gasteiger partial charge in [0.1, 0.15) is 5.56 Å². The molecule has 0 aliphatic carbocycles. The number of fused-ring (bicyclic) bond motifs is 1. The van der Waals surface area contributed by atoms with Gasteiger partial charge in [-0.05, 0) is 26.4 Å². The van der Waals surface area contributed by atoms with Gasteiger partial charge in [0.15, 0.2) is 5.65 Å². The smallest absolute Gasteiger partial charge is 0.256 e. The SMILES string of the molecule is CN1CCCCC1CNC(=O)c1cnn2c(O)cc(-c3ccccc3)nc12.